The highest BCUT2D eigenvalue weighted by Crippen LogP contribution is 2.27. The fourth-order valence-electron chi connectivity index (χ4n) is 3.73. The number of anilines is 3. The molecule has 3 aromatic heterocycles. The maximum atomic E-state index is 5.32. The van der Waals surface area contributed by atoms with E-state index in [-0.39, 0.29) is 0 Å². The van der Waals surface area contributed by atoms with Crippen LogP contribution in [-0.2, 0) is 11.3 Å². The molecule has 3 aromatic rings. The maximum absolute atomic E-state index is 5.32. The maximum Gasteiger partial charge on any atom is 0.225 e. The molecule has 0 saturated carbocycles. The van der Waals surface area contributed by atoms with Crippen LogP contribution in [0.4, 0.5) is 16.9 Å². The normalized spacial score (nSPS) is 15.6. The van der Waals surface area contributed by atoms with Crippen LogP contribution < -0.4 is 10.6 Å². The Hall–Kier alpha value is -2.66. The number of hydrogen-bond acceptors (Lipinski definition) is 10. The summed E-state index contributed by atoms with van der Waals surface area (Å²) in [7, 11) is 5.84. The molecule has 0 atom stereocenters. The first-order valence-electron chi connectivity index (χ1n) is 11.2. The number of hydrogen-bond donors (Lipinski definition) is 2. The standard InChI is InChI=1S/C23H32N8OS/c1-30(2)11-4-5-12-31-13-8-17(9-14-31)25-22-26-18(16-32-3)15-20(28-22)29-23-27-19-7-6-10-24-21(19)33-23/h4-7,10,15,17H,8-9,11-14,16H2,1-3H3,(H2,25,26,27,28,29). The largest absolute Gasteiger partial charge is 0.378 e. The van der Waals surface area contributed by atoms with Crippen molar-refractivity contribution in [2.45, 2.75) is 25.5 Å². The molecule has 1 fully saturated rings. The second-order valence-corrected chi connectivity index (χ2v) is 9.40. The first-order valence-corrected chi connectivity index (χ1v) is 12.0. The Morgan fingerprint density at radius 1 is 1.21 bits per heavy atom. The van der Waals surface area contributed by atoms with E-state index < -0.39 is 0 Å². The van der Waals surface area contributed by atoms with E-state index in [9.17, 15) is 0 Å². The number of fused-ring (bicyclic) bond motifs is 1. The third kappa shape index (κ3) is 6.91. The summed E-state index contributed by atoms with van der Waals surface area (Å²) in [5.41, 5.74) is 1.69. The predicted octanol–water partition coefficient (Wildman–Crippen LogP) is 3.37. The molecule has 0 radical (unpaired) electrons. The number of likely N-dealkylation sites (N-methyl/N-ethyl adjacent to an activating group) is 1. The summed E-state index contributed by atoms with van der Waals surface area (Å²) >= 11 is 1.50. The lowest BCUT2D eigenvalue weighted by molar-refractivity contribution is 0.181. The van der Waals surface area contributed by atoms with Gasteiger partial charge in [-0.25, -0.2) is 15.0 Å². The van der Waals surface area contributed by atoms with Crippen molar-refractivity contribution in [2.75, 3.05) is 58.0 Å². The Bertz CT molecular complexity index is 1030. The topological polar surface area (TPSA) is 91.3 Å². The highest BCUT2D eigenvalue weighted by atomic mass is 32.1. The van der Waals surface area contributed by atoms with Crippen molar-refractivity contribution >= 4 is 38.6 Å². The Morgan fingerprint density at radius 3 is 2.82 bits per heavy atom. The van der Waals surface area contributed by atoms with E-state index in [4.69, 9.17) is 9.72 Å². The Balaban J connectivity index is 1.37. The molecule has 33 heavy (non-hydrogen) atoms. The molecule has 0 spiro atoms. The van der Waals surface area contributed by atoms with Crippen LogP contribution in [0.15, 0.2) is 36.5 Å². The minimum atomic E-state index is 0.351. The number of methoxy groups -OCH3 is 1. The summed E-state index contributed by atoms with van der Waals surface area (Å²) in [6.07, 6.45) is 8.40. The van der Waals surface area contributed by atoms with Crippen molar-refractivity contribution in [2.24, 2.45) is 0 Å². The van der Waals surface area contributed by atoms with Gasteiger partial charge in [0, 0.05) is 51.6 Å². The highest BCUT2D eigenvalue weighted by Gasteiger charge is 2.19. The van der Waals surface area contributed by atoms with E-state index in [0.717, 1.165) is 60.2 Å². The number of ether oxygens (including phenoxy) is 1. The summed E-state index contributed by atoms with van der Waals surface area (Å²) < 4.78 is 5.32. The van der Waals surface area contributed by atoms with E-state index in [0.29, 0.717) is 24.4 Å². The number of nitrogens with zero attached hydrogens (tertiary/aromatic N) is 6. The number of rotatable bonds is 10. The fourth-order valence-corrected chi connectivity index (χ4v) is 4.55. The van der Waals surface area contributed by atoms with Gasteiger partial charge >= 0.3 is 0 Å². The first-order chi connectivity index (χ1) is 16.1. The second-order valence-electron chi connectivity index (χ2n) is 8.43. The van der Waals surface area contributed by atoms with E-state index in [1.807, 2.05) is 18.2 Å². The molecule has 10 heteroatoms. The van der Waals surface area contributed by atoms with Gasteiger partial charge in [0.1, 0.15) is 16.2 Å². The van der Waals surface area contributed by atoms with Crippen LogP contribution in [0.2, 0.25) is 0 Å². The van der Waals surface area contributed by atoms with E-state index in [1.165, 1.54) is 11.3 Å². The lowest BCUT2D eigenvalue weighted by Crippen LogP contribution is -2.39. The van der Waals surface area contributed by atoms with Gasteiger partial charge in [0.15, 0.2) is 5.13 Å². The SMILES string of the molecule is COCc1cc(Nc2nc3cccnc3s2)nc(NC2CCN(CC=CCN(C)C)CC2)n1. The van der Waals surface area contributed by atoms with Crippen molar-refractivity contribution in [1.29, 1.82) is 0 Å². The summed E-state index contributed by atoms with van der Waals surface area (Å²) in [6.45, 7) is 4.53. The summed E-state index contributed by atoms with van der Waals surface area (Å²) in [5.74, 6) is 1.32. The van der Waals surface area contributed by atoms with Gasteiger partial charge in [0.25, 0.3) is 0 Å². The van der Waals surface area contributed by atoms with E-state index in [1.54, 1.807) is 13.3 Å². The van der Waals surface area contributed by atoms with Gasteiger partial charge in [-0.1, -0.05) is 23.5 Å². The van der Waals surface area contributed by atoms with Gasteiger partial charge in [-0.05, 0) is 39.1 Å². The number of piperidine rings is 1. The average molecular weight is 469 g/mol. The molecule has 176 valence electrons. The second kappa shape index (κ2) is 11.5. The van der Waals surface area contributed by atoms with Gasteiger partial charge in [-0.15, -0.1) is 0 Å². The van der Waals surface area contributed by atoms with Gasteiger partial charge < -0.3 is 20.3 Å². The van der Waals surface area contributed by atoms with E-state index in [2.05, 4.69) is 61.6 Å². The summed E-state index contributed by atoms with van der Waals surface area (Å²) in [6, 6.07) is 6.10. The van der Waals surface area contributed by atoms with Crippen molar-refractivity contribution in [3.63, 3.8) is 0 Å². The van der Waals surface area contributed by atoms with Crippen LogP contribution in [0.1, 0.15) is 18.5 Å². The fraction of sp³-hybridized carbons (Fsp3) is 0.478. The highest BCUT2D eigenvalue weighted by molar-refractivity contribution is 7.21. The molecule has 1 aliphatic heterocycles. The van der Waals surface area contributed by atoms with Gasteiger partial charge in [-0.2, -0.15) is 4.98 Å². The lowest BCUT2D eigenvalue weighted by atomic mass is 10.1. The molecule has 0 bridgehead atoms. The van der Waals surface area contributed by atoms with Gasteiger partial charge in [0.05, 0.1) is 12.3 Å². The number of nitrogens with one attached hydrogen (secondary N) is 2. The molecule has 2 N–H and O–H groups in total. The summed E-state index contributed by atoms with van der Waals surface area (Å²) in [5, 5.41) is 7.61. The van der Waals surface area contributed by atoms with Crippen LogP contribution >= 0.6 is 11.3 Å². The minimum Gasteiger partial charge on any atom is -0.378 e. The van der Waals surface area contributed by atoms with Crippen molar-refractivity contribution in [3.05, 3.63) is 42.2 Å². The first kappa shape index (κ1) is 23.5. The smallest absolute Gasteiger partial charge is 0.225 e. The van der Waals surface area contributed by atoms with Gasteiger partial charge in [0.2, 0.25) is 5.95 Å². The van der Waals surface area contributed by atoms with Crippen LogP contribution in [0.3, 0.4) is 0 Å². The summed E-state index contributed by atoms with van der Waals surface area (Å²) in [4.78, 5) is 23.9. The monoisotopic (exact) mass is 468 g/mol. The molecular weight excluding hydrogens is 436 g/mol. The molecule has 4 heterocycles. The van der Waals surface area contributed by atoms with Crippen LogP contribution in [0, 0.1) is 0 Å². The van der Waals surface area contributed by atoms with Crippen LogP contribution in [-0.4, -0.2) is 83.2 Å². The number of likely N-dealkylation sites (tertiary alicyclic amines) is 1. The van der Waals surface area contributed by atoms with Crippen LogP contribution in [0.25, 0.3) is 10.3 Å². The lowest BCUT2D eigenvalue weighted by Gasteiger charge is -2.31. The molecule has 0 aliphatic carbocycles. The zero-order valence-electron chi connectivity index (χ0n) is 19.5. The zero-order chi connectivity index (χ0) is 23.0. The van der Waals surface area contributed by atoms with Crippen LogP contribution in [0.5, 0.6) is 0 Å². The van der Waals surface area contributed by atoms with Crippen molar-refractivity contribution in [3.8, 4) is 0 Å². The van der Waals surface area contributed by atoms with Crippen molar-refractivity contribution in [1.82, 2.24) is 29.7 Å². The molecule has 1 saturated heterocycles. The molecule has 1 aliphatic rings. The van der Waals surface area contributed by atoms with Crippen molar-refractivity contribution < 1.29 is 4.74 Å². The Morgan fingerprint density at radius 2 is 2.06 bits per heavy atom. The number of aromatic nitrogens is 4. The predicted molar refractivity (Wildman–Crippen MR) is 134 cm³/mol. The molecule has 9 nitrogen and oxygen atoms in total. The third-order valence-electron chi connectivity index (χ3n) is 5.39. The quantitative estimate of drug-likeness (QED) is 0.435. The molecule has 4 rings (SSSR count). The molecular formula is C23H32N8OS. The Labute approximate surface area is 198 Å². The average Bonchev–Trinajstić information content (AvgIpc) is 3.20. The molecule has 0 aromatic carbocycles. The number of thiazole rings is 1. The number of pyridine rings is 1. The van der Waals surface area contributed by atoms with E-state index >= 15 is 0 Å². The molecule has 0 amide bonds. The van der Waals surface area contributed by atoms with Gasteiger partial charge in [-0.3, -0.25) is 4.90 Å². The molecule has 0 unspecified atom stereocenters. The third-order valence-corrected chi connectivity index (χ3v) is 6.29. The zero-order valence-corrected chi connectivity index (χ0v) is 20.3. The minimum absolute atomic E-state index is 0.351. The Kier molecular flexibility index (Phi) is 8.16.